The van der Waals surface area contributed by atoms with Crippen molar-refractivity contribution < 1.29 is 9.59 Å². The zero-order valence-electron chi connectivity index (χ0n) is 7.63. The predicted molar refractivity (Wildman–Crippen MR) is 43.2 cm³/mol. The highest BCUT2D eigenvalue weighted by Crippen LogP contribution is 2.63. The van der Waals surface area contributed by atoms with Crippen LogP contribution < -0.4 is 0 Å². The molecule has 3 nitrogen and oxygen atoms in total. The summed E-state index contributed by atoms with van der Waals surface area (Å²) in [7, 11) is 0. The Balaban J connectivity index is 2.28. The van der Waals surface area contributed by atoms with Crippen LogP contribution >= 0.6 is 0 Å². The molecule has 0 N–H and O–H groups in total. The Bertz CT molecular complexity index is 246. The number of piperidine rings is 1. The van der Waals surface area contributed by atoms with Crippen LogP contribution in [0.4, 0.5) is 0 Å². The lowest BCUT2D eigenvalue weighted by atomic mass is 10.1. The number of carbonyl (C=O) groups is 2. The average molecular weight is 167 g/mol. The van der Waals surface area contributed by atoms with Gasteiger partial charge in [0, 0.05) is 6.54 Å². The molecule has 1 saturated heterocycles. The number of hydrogen-bond acceptors (Lipinski definition) is 2. The fraction of sp³-hybridized carbons (Fsp3) is 0.778. The Morgan fingerprint density at radius 3 is 2.00 bits per heavy atom. The third-order valence-corrected chi connectivity index (χ3v) is 3.21. The van der Waals surface area contributed by atoms with Gasteiger partial charge in [0.05, 0.1) is 11.8 Å². The lowest BCUT2D eigenvalue weighted by Gasteiger charge is -2.17. The Morgan fingerprint density at radius 2 is 1.67 bits per heavy atom. The maximum absolute atomic E-state index is 11.5. The van der Waals surface area contributed by atoms with Crippen LogP contribution in [0.15, 0.2) is 0 Å². The second-order valence-corrected chi connectivity index (χ2v) is 4.20. The van der Waals surface area contributed by atoms with E-state index in [1.165, 1.54) is 4.90 Å². The lowest BCUT2D eigenvalue weighted by molar-refractivity contribution is -0.142. The zero-order chi connectivity index (χ0) is 9.09. The van der Waals surface area contributed by atoms with Gasteiger partial charge in [-0.05, 0) is 12.3 Å². The zero-order valence-corrected chi connectivity index (χ0v) is 7.63. The molecule has 2 rings (SSSR count). The van der Waals surface area contributed by atoms with Gasteiger partial charge in [-0.15, -0.1) is 0 Å². The summed E-state index contributed by atoms with van der Waals surface area (Å²) in [5, 5.41) is 0. The van der Waals surface area contributed by atoms with Gasteiger partial charge in [0.1, 0.15) is 0 Å². The molecule has 0 radical (unpaired) electrons. The van der Waals surface area contributed by atoms with Gasteiger partial charge in [0.15, 0.2) is 0 Å². The van der Waals surface area contributed by atoms with E-state index < -0.39 is 0 Å². The van der Waals surface area contributed by atoms with E-state index in [1.807, 2.05) is 20.8 Å². The first-order valence-electron chi connectivity index (χ1n) is 4.37. The van der Waals surface area contributed by atoms with Gasteiger partial charge in [-0.3, -0.25) is 14.5 Å². The van der Waals surface area contributed by atoms with Crippen LogP contribution in [0.25, 0.3) is 0 Å². The molecule has 3 heteroatoms. The summed E-state index contributed by atoms with van der Waals surface area (Å²) < 4.78 is 0. The molecule has 0 spiro atoms. The number of imide groups is 1. The summed E-state index contributed by atoms with van der Waals surface area (Å²) in [5.41, 5.74) is -0.0557. The molecule has 1 aliphatic carbocycles. The molecule has 66 valence electrons. The normalized spacial score (nSPS) is 37.1. The van der Waals surface area contributed by atoms with Crippen molar-refractivity contribution in [3.05, 3.63) is 0 Å². The standard InChI is InChI=1S/C9H13NO2/c1-4-10-7(11)5-6(8(10)12)9(5,2)3/h5-6H,4H2,1-3H3. The molecule has 0 aromatic rings. The van der Waals surface area contributed by atoms with Gasteiger partial charge in [-0.2, -0.15) is 0 Å². The smallest absolute Gasteiger partial charge is 0.233 e. The van der Waals surface area contributed by atoms with Gasteiger partial charge >= 0.3 is 0 Å². The summed E-state index contributed by atoms with van der Waals surface area (Å²) in [6, 6.07) is 0. The summed E-state index contributed by atoms with van der Waals surface area (Å²) in [6.07, 6.45) is 0. The van der Waals surface area contributed by atoms with E-state index in [0.717, 1.165) is 0 Å². The van der Waals surface area contributed by atoms with Gasteiger partial charge in [-0.25, -0.2) is 0 Å². The highest BCUT2D eigenvalue weighted by molar-refractivity contribution is 6.10. The summed E-state index contributed by atoms with van der Waals surface area (Å²) in [6.45, 7) is 6.35. The molecule has 0 bridgehead atoms. The van der Waals surface area contributed by atoms with E-state index in [1.54, 1.807) is 0 Å². The monoisotopic (exact) mass is 167 g/mol. The van der Waals surface area contributed by atoms with Gasteiger partial charge < -0.3 is 0 Å². The molecule has 2 unspecified atom stereocenters. The first kappa shape index (κ1) is 7.77. The van der Waals surface area contributed by atoms with Gasteiger partial charge in [0.25, 0.3) is 0 Å². The Hall–Kier alpha value is -0.860. The number of amides is 2. The SMILES string of the molecule is CCN1C(=O)C2C(C1=O)C2(C)C. The highest BCUT2D eigenvalue weighted by atomic mass is 16.2. The van der Waals surface area contributed by atoms with Crippen LogP contribution in [-0.2, 0) is 9.59 Å². The largest absolute Gasteiger partial charge is 0.282 e. The third kappa shape index (κ3) is 0.625. The van der Waals surface area contributed by atoms with Crippen LogP contribution in [0.2, 0.25) is 0 Å². The maximum atomic E-state index is 11.5. The van der Waals surface area contributed by atoms with Crippen molar-refractivity contribution in [3.63, 3.8) is 0 Å². The predicted octanol–water partition coefficient (Wildman–Crippen LogP) is 0.647. The summed E-state index contributed by atoms with van der Waals surface area (Å²) in [4.78, 5) is 24.4. The fourth-order valence-electron chi connectivity index (χ4n) is 2.32. The Labute approximate surface area is 71.7 Å². The van der Waals surface area contributed by atoms with Crippen molar-refractivity contribution in [1.82, 2.24) is 4.90 Å². The van der Waals surface area contributed by atoms with Crippen LogP contribution in [-0.4, -0.2) is 23.3 Å². The molecule has 1 saturated carbocycles. The van der Waals surface area contributed by atoms with E-state index in [2.05, 4.69) is 0 Å². The maximum Gasteiger partial charge on any atom is 0.233 e. The number of rotatable bonds is 1. The molecule has 2 amide bonds. The van der Waals surface area contributed by atoms with E-state index in [9.17, 15) is 9.59 Å². The topological polar surface area (TPSA) is 37.4 Å². The van der Waals surface area contributed by atoms with E-state index in [-0.39, 0.29) is 29.1 Å². The first-order chi connectivity index (χ1) is 5.51. The van der Waals surface area contributed by atoms with E-state index >= 15 is 0 Å². The minimum Gasteiger partial charge on any atom is -0.282 e. The summed E-state index contributed by atoms with van der Waals surface area (Å²) >= 11 is 0. The molecule has 0 aromatic heterocycles. The molecule has 2 fully saturated rings. The van der Waals surface area contributed by atoms with Crippen LogP contribution in [0.5, 0.6) is 0 Å². The molecule has 2 aliphatic rings. The molecular weight excluding hydrogens is 154 g/mol. The first-order valence-corrected chi connectivity index (χ1v) is 4.37. The summed E-state index contributed by atoms with van der Waals surface area (Å²) in [5.74, 6) is 0.0601. The third-order valence-electron chi connectivity index (χ3n) is 3.21. The van der Waals surface area contributed by atoms with Crippen molar-refractivity contribution in [2.24, 2.45) is 17.3 Å². The fourth-order valence-corrected chi connectivity index (χ4v) is 2.32. The molecule has 2 atom stereocenters. The van der Waals surface area contributed by atoms with Crippen LogP contribution in [0.3, 0.4) is 0 Å². The minimum absolute atomic E-state index is 0.00931. The van der Waals surface area contributed by atoms with Crippen molar-refractivity contribution in [2.75, 3.05) is 6.54 Å². The highest BCUT2D eigenvalue weighted by Gasteiger charge is 2.72. The minimum atomic E-state index is -0.0557. The number of nitrogens with zero attached hydrogens (tertiary/aromatic N) is 1. The Morgan fingerprint density at radius 1 is 1.25 bits per heavy atom. The van der Waals surface area contributed by atoms with Gasteiger partial charge in [0.2, 0.25) is 11.8 Å². The number of hydrogen-bond donors (Lipinski definition) is 0. The molecule has 1 heterocycles. The van der Waals surface area contributed by atoms with Crippen molar-refractivity contribution in [3.8, 4) is 0 Å². The average Bonchev–Trinajstić information content (AvgIpc) is 2.42. The lowest BCUT2D eigenvalue weighted by Crippen LogP contribution is -2.35. The van der Waals surface area contributed by atoms with Crippen molar-refractivity contribution in [1.29, 1.82) is 0 Å². The number of likely N-dealkylation sites (tertiary alicyclic amines) is 1. The quantitative estimate of drug-likeness (QED) is 0.538. The van der Waals surface area contributed by atoms with Gasteiger partial charge in [-0.1, -0.05) is 13.8 Å². The molecular formula is C9H13NO2. The molecule has 12 heavy (non-hydrogen) atoms. The Kier molecular flexibility index (Phi) is 1.23. The second kappa shape index (κ2) is 1.90. The van der Waals surface area contributed by atoms with E-state index in [0.29, 0.717) is 6.54 Å². The second-order valence-electron chi connectivity index (χ2n) is 4.20. The van der Waals surface area contributed by atoms with Crippen LogP contribution in [0.1, 0.15) is 20.8 Å². The van der Waals surface area contributed by atoms with Crippen molar-refractivity contribution in [2.45, 2.75) is 20.8 Å². The molecule has 0 aromatic carbocycles. The number of fused-ring (bicyclic) bond motifs is 1. The van der Waals surface area contributed by atoms with E-state index in [4.69, 9.17) is 0 Å². The number of carbonyl (C=O) groups excluding carboxylic acids is 2. The van der Waals surface area contributed by atoms with Crippen LogP contribution in [0, 0.1) is 17.3 Å². The van der Waals surface area contributed by atoms with Crippen molar-refractivity contribution >= 4 is 11.8 Å². The molecule has 1 aliphatic heterocycles.